The van der Waals surface area contributed by atoms with Crippen LogP contribution in [0, 0.1) is 11.6 Å². The molecule has 130 heavy (non-hydrogen) atoms. The second-order valence-corrected chi connectivity index (χ2v) is 51.5. The maximum atomic E-state index is 16.5. The van der Waals surface area contributed by atoms with Crippen molar-refractivity contribution in [1.29, 1.82) is 0 Å². The molecular formula is C72H120F4N18O29P4Si3. The van der Waals surface area contributed by atoms with E-state index in [0.29, 0.717) is 0 Å². The number of phosphoric ester groups is 4. The van der Waals surface area contributed by atoms with E-state index in [4.69, 9.17) is 79.6 Å². The van der Waals surface area contributed by atoms with Gasteiger partial charge in [-0.3, -0.25) is 74.5 Å². The summed E-state index contributed by atoms with van der Waals surface area (Å²) in [5.41, 5.74) is 4.98. The summed E-state index contributed by atoms with van der Waals surface area (Å²) < 4.78 is 206. The van der Waals surface area contributed by atoms with Gasteiger partial charge in [0.05, 0.1) is 51.7 Å². The summed E-state index contributed by atoms with van der Waals surface area (Å²) in [5, 5.41) is 9.95. The van der Waals surface area contributed by atoms with E-state index >= 15 is 13.2 Å². The molecule has 47 nitrogen and oxygen atoms in total. The lowest BCUT2D eigenvalue weighted by Crippen LogP contribution is -2.62. The number of nitrogens with zero attached hydrogens (tertiary/aromatic N) is 12. The maximum Gasteiger partial charge on any atom is 0.472 e. The highest BCUT2D eigenvalue weighted by molar-refractivity contribution is 7.48. The molecule has 6 aliphatic heterocycles. The number of aliphatic hydroxyl groups excluding tert-OH is 1. The largest absolute Gasteiger partial charge is 0.472 e. The zero-order valence-electron chi connectivity index (χ0n) is 74.2. The summed E-state index contributed by atoms with van der Waals surface area (Å²) >= 11 is 0. The van der Waals surface area contributed by atoms with Crippen LogP contribution in [0.2, 0.25) is 41.8 Å². The molecule has 0 aliphatic carbocycles. The molecule has 6 aliphatic rings. The Hall–Kier alpha value is -6.49. The molecule has 58 heteroatoms. The Morgan fingerprint density at radius 3 is 1.20 bits per heavy atom. The summed E-state index contributed by atoms with van der Waals surface area (Å²) in [5.74, 6) is -2.78. The molecule has 0 saturated carbocycles. The molecule has 20 atom stereocenters. The number of alkyl halides is 2. The fraction of sp³-hybridized carbons (Fsp3) is 0.694. The molecule has 4 unspecified atom stereocenters. The van der Waals surface area contributed by atoms with Crippen molar-refractivity contribution in [2.45, 2.75) is 251 Å². The minimum atomic E-state index is -5.42. The lowest BCUT2D eigenvalue weighted by atomic mass is 10.1. The lowest BCUT2D eigenvalue weighted by Gasteiger charge is -2.47. The molecular weight excluding hydrogens is 1870 g/mol. The number of aromatic amines is 4. The number of anilines is 2. The SMILES string of the molecule is C.CC(C)[Si](O)(O[Si](O[C@H]1[C@H]2OP(=O)(O)OC[C@H]3O[C@@H](n4cnc5c(=O)[nH]c(N)nc54)[C@H](F)[C@@H]3OP(=O)(O)OC[C@H]1O[C@H]2n1cc(F)c2c(=O)[nH]cnc21)(C(C)C)C(C)C)C(C)C.CCN(CC)CC.CCN(CC)CC.CCO[Si](C)(C)C.Nc1nc2c(ncn2[C@@H]2O[C@@H]3COP(=O)(O)O[C@@H]4[C@H](O)[C@@H](COP(=O)(O)O[C@H]3[C@H]2F)O[C@H]4n2cc(F)c3c(=O)[nH]cnc32)c(=O)[nH]1. The predicted molar refractivity (Wildman–Crippen MR) is 468 cm³/mol. The Labute approximate surface area is 746 Å². The quantitative estimate of drug-likeness (QED) is 0.0196. The van der Waals surface area contributed by atoms with Crippen LogP contribution in [0.4, 0.5) is 29.5 Å². The molecule has 14 N–H and O–H groups in total. The van der Waals surface area contributed by atoms with E-state index in [1.807, 2.05) is 62.3 Å². The number of nitrogen functional groups attached to an aromatic ring is 2. The monoisotopic (exact) mass is 1980 g/mol. The van der Waals surface area contributed by atoms with E-state index in [9.17, 15) is 71.3 Å². The van der Waals surface area contributed by atoms with Gasteiger partial charge >= 0.3 is 48.4 Å². The number of hydrogen-bond donors (Lipinski definition) is 12. The van der Waals surface area contributed by atoms with E-state index in [2.05, 4.69) is 121 Å². The zero-order chi connectivity index (χ0) is 95.4. The van der Waals surface area contributed by atoms with Crippen LogP contribution < -0.4 is 33.7 Å². The first-order chi connectivity index (χ1) is 60.4. The Morgan fingerprint density at radius 2 is 0.854 bits per heavy atom. The number of fused-ring (bicyclic) bond motifs is 10. The second kappa shape index (κ2) is 43.7. The minimum Gasteiger partial charge on any atom is -0.418 e. The predicted octanol–water partition coefficient (Wildman–Crippen LogP) is 7.93. The second-order valence-electron chi connectivity index (χ2n) is 32.7. The Balaban J connectivity index is 0.000000244. The molecule has 0 spiro atoms. The van der Waals surface area contributed by atoms with Crippen LogP contribution in [0.25, 0.3) is 44.4 Å². The summed E-state index contributed by atoms with van der Waals surface area (Å²) in [6, 6.07) is 0. The third kappa shape index (κ3) is 24.1. The van der Waals surface area contributed by atoms with Gasteiger partial charge in [0.15, 0.2) is 90.8 Å². The van der Waals surface area contributed by atoms with Gasteiger partial charge in [0.1, 0.15) is 71.8 Å². The smallest absolute Gasteiger partial charge is 0.418 e. The highest BCUT2D eigenvalue weighted by Gasteiger charge is 2.62. The number of hydrogen-bond acceptors (Lipinski definition) is 35. The van der Waals surface area contributed by atoms with E-state index in [1.165, 1.54) is 39.3 Å². The third-order valence-electron chi connectivity index (χ3n) is 22.1. The fourth-order valence-corrected chi connectivity index (χ4v) is 29.9. The van der Waals surface area contributed by atoms with Crippen molar-refractivity contribution < 1.29 is 133 Å². The van der Waals surface area contributed by atoms with Crippen molar-refractivity contribution in [2.24, 2.45) is 0 Å². The summed E-state index contributed by atoms with van der Waals surface area (Å²) in [6.45, 7) is 40.4. The minimum absolute atomic E-state index is 0. The van der Waals surface area contributed by atoms with E-state index in [0.717, 1.165) is 62.6 Å². The zero-order valence-corrected chi connectivity index (χ0v) is 80.8. The lowest BCUT2D eigenvalue weighted by molar-refractivity contribution is -0.0671. The van der Waals surface area contributed by atoms with Gasteiger partial charge in [0, 0.05) is 19.0 Å². The first-order valence-electron chi connectivity index (χ1n) is 41.7. The normalized spacial score (nSPS) is 30.0. The molecule has 6 fully saturated rings. The van der Waals surface area contributed by atoms with Crippen LogP contribution >= 0.6 is 31.3 Å². The van der Waals surface area contributed by atoms with Crippen molar-refractivity contribution in [3.05, 3.63) is 90.8 Å². The standard InChI is InChI=1S/C33H50F2N8O15P2Si2.C21H22F2N8O13P2.2C6H15N.C5H14OSi.CH4/c1-14(2)61(50,15(3)4)58-62(16(5)6,17(7)8)57-25-20-11-52-59(46,47)55-24-19(53-31(22(24)35)43-13-39-23-28(43)40-33(36)41-30(23)45)10-51-60(48,49)56-26(25)32(54-20)42-9-18(34)21-27(42)37-12-38-29(21)44;22-6-1-30(15-9(6)17(33)26-4-25-15)20-14-12(32)7(41-20)2-39-45(35,36)43-13-8(3-40-46(37,38)44-14)42-19(10(13)23)31-5-27-11-16(31)28-21(24)29-18(11)34;2*1-4-7(5-2)6-3;1-5-6-7(2,3)4;/h9,12-17,19-20,22,24-26,31-32,50H,10-11H2,1-8H3,(H,46,47)(H,48,49)(H,37,38,44)(H3,36,40,41,45);1,4-5,7-8,10,12-14,19-20,32H,2-3H2,(H,35,36)(H,37,38)(H,25,26,33)(H3,24,28,29,34);2*4-6H2,1-3H3;5H2,1-4H3;1H4/t19-,20-,22-,24-,25-,26-,31-,32-;7-,8-,10-,12-,13-,14-,19-,20-;;;;/m11..../s1. The first kappa shape index (κ1) is 107. The van der Waals surface area contributed by atoms with E-state index in [1.54, 1.807) is 0 Å². The van der Waals surface area contributed by atoms with Crippen molar-refractivity contribution >= 4 is 113 Å². The molecule has 732 valence electrons. The van der Waals surface area contributed by atoms with Gasteiger partial charge in [0.2, 0.25) is 11.9 Å². The number of aromatic nitrogens is 14. The van der Waals surface area contributed by atoms with Gasteiger partial charge in [0.25, 0.3) is 22.2 Å². The number of aliphatic hydroxyl groups is 1. The maximum absolute atomic E-state index is 16.5. The van der Waals surface area contributed by atoms with Crippen molar-refractivity contribution in [3.8, 4) is 0 Å². The van der Waals surface area contributed by atoms with Crippen LogP contribution in [-0.2, 0) is 86.4 Å². The molecule has 0 aromatic carbocycles. The number of rotatable bonds is 20. The van der Waals surface area contributed by atoms with Crippen molar-refractivity contribution in [1.82, 2.24) is 77.9 Å². The molecule has 8 aromatic rings. The van der Waals surface area contributed by atoms with Gasteiger partial charge in [-0.25, -0.2) is 55.8 Å². The van der Waals surface area contributed by atoms with Gasteiger partial charge in [-0.2, -0.15) is 9.97 Å². The number of H-pyrrole nitrogens is 4. The van der Waals surface area contributed by atoms with E-state index in [-0.39, 0.29) is 64.0 Å². The molecule has 14 heterocycles. The van der Waals surface area contributed by atoms with Gasteiger partial charge in [-0.15, -0.1) is 0 Å². The summed E-state index contributed by atoms with van der Waals surface area (Å²) in [6.07, 6.45) is -23.7. The first-order valence-corrected chi connectivity index (χ1v) is 55.1. The molecule has 8 aromatic heterocycles. The number of ether oxygens (including phenoxy) is 4. The van der Waals surface area contributed by atoms with Crippen LogP contribution in [-0.4, -0.2) is 279 Å². The van der Waals surface area contributed by atoms with Gasteiger partial charge in [-0.05, 0) is 88.0 Å². The van der Waals surface area contributed by atoms with Crippen LogP contribution in [0.15, 0.2) is 56.9 Å². The van der Waals surface area contributed by atoms with Crippen molar-refractivity contribution in [2.75, 3.05) is 83.8 Å². The number of halogens is 4. The molecule has 0 radical (unpaired) electrons. The van der Waals surface area contributed by atoms with Gasteiger partial charge in [-0.1, -0.05) is 104 Å². The highest BCUT2D eigenvalue weighted by Crippen LogP contribution is 2.58. The third-order valence-corrected chi connectivity index (χ3v) is 36.9. The average Bonchev–Trinajstić information content (AvgIpc) is 1.54. The van der Waals surface area contributed by atoms with Crippen LogP contribution in [0.1, 0.15) is 136 Å². The Bertz CT molecular complexity index is 5570. The number of nitrogens with one attached hydrogen (secondary N) is 4. The Morgan fingerprint density at radius 1 is 0.508 bits per heavy atom. The van der Waals surface area contributed by atoms with E-state index < -0.39 is 237 Å². The highest BCUT2D eigenvalue weighted by atomic mass is 31.2. The summed E-state index contributed by atoms with van der Waals surface area (Å²) in [7, 11) is -29.9. The number of imidazole rings is 2. The molecule has 14 rings (SSSR count). The van der Waals surface area contributed by atoms with Crippen molar-refractivity contribution in [3.63, 3.8) is 0 Å². The van der Waals surface area contributed by atoms with Crippen LogP contribution in [0.3, 0.4) is 0 Å². The molecule has 6 saturated heterocycles. The molecule has 4 bridgehead atoms. The topological polar surface area (TPSA) is 615 Å². The number of phosphoric acid groups is 4. The Kier molecular flexibility index (Phi) is 36.0. The number of nitrogens with two attached hydrogens (primary N) is 2. The fourth-order valence-electron chi connectivity index (χ4n) is 15.4. The summed E-state index contributed by atoms with van der Waals surface area (Å²) in [4.78, 5) is 143. The average molecular weight is 1990 g/mol. The van der Waals surface area contributed by atoms with Crippen LogP contribution in [0.5, 0.6) is 0 Å². The van der Waals surface area contributed by atoms with Gasteiger partial charge < -0.3 is 102 Å². The molecule has 0 amide bonds.